The number of hydrogen-bond donors (Lipinski definition) is 2. The molecular formula is C15H15N5O3S. The molecule has 1 amide bonds. The van der Waals surface area contributed by atoms with E-state index < -0.39 is 6.09 Å². The molecule has 9 heteroatoms. The summed E-state index contributed by atoms with van der Waals surface area (Å²) in [5, 5.41) is 8.99. The highest BCUT2D eigenvalue weighted by molar-refractivity contribution is 7.13. The molecule has 3 aromatic rings. The number of hydrogen-bond acceptors (Lipinski definition) is 6. The van der Waals surface area contributed by atoms with Crippen molar-refractivity contribution >= 4 is 23.2 Å². The van der Waals surface area contributed by atoms with Crippen LogP contribution in [0.3, 0.4) is 0 Å². The summed E-state index contributed by atoms with van der Waals surface area (Å²) in [4.78, 5) is 31.3. The van der Waals surface area contributed by atoms with E-state index in [0.29, 0.717) is 17.2 Å². The molecule has 0 aromatic carbocycles. The molecule has 2 N–H and O–H groups in total. The maximum Gasteiger partial charge on any atom is 0.412 e. The highest BCUT2D eigenvalue weighted by Gasteiger charge is 2.16. The second-order valence-electron chi connectivity index (χ2n) is 4.86. The van der Waals surface area contributed by atoms with E-state index in [9.17, 15) is 9.59 Å². The quantitative estimate of drug-likeness (QED) is 0.756. The number of rotatable bonds is 4. The Hall–Kier alpha value is -2.94. The number of anilines is 1. The number of ether oxygens (including phenoxy) is 1. The lowest BCUT2D eigenvalue weighted by atomic mass is 10.3. The van der Waals surface area contributed by atoms with Crippen LogP contribution in [-0.2, 0) is 4.74 Å². The van der Waals surface area contributed by atoms with Gasteiger partial charge in [-0.05, 0) is 25.3 Å². The van der Waals surface area contributed by atoms with Gasteiger partial charge in [0.1, 0.15) is 11.5 Å². The van der Waals surface area contributed by atoms with Gasteiger partial charge in [-0.15, -0.1) is 11.3 Å². The van der Waals surface area contributed by atoms with E-state index in [1.54, 1.807) is 19.9 Å². The van der Waals surface area contributed by atoms with E-state index in [4.69, 9.17) is 4.74 Å². The zero-order valence-corrected chi connectivity index (χ0v) is 13.9. The van der Waals surface area contributed by atoms with Crippen LogP contribution in [0.4, 0.5) is 10.6 Å². The number of amides is 1. The van der Waals surface area contributed by atoms with Gasteiger partial charge in [0.15, 0.2) is 0 Å². The van der Waals surface area contributed by atoms with Crippen molar-refractivity contribution in [2.75, 3.05) is 11.9 Å². The second-order valence-corrected chi connectivity index (χ2v) is 5.81. The van der Waals surface area contributed by atoms with E-state index in [-0.39, 0.29) is 18.1 Å². The van der Waals surface area contributed by atoms with Gasteiger partial charge in [0.2, 0.25) is 5.95 Å². The number of H-pyrrole nitrogens is 1. The Balaban J connectivity index is 2.08. The number of nitrogens with zero attached hydrogens (tertiary/aromatic N) is 3. The minimum Gasteiger partial charge on any atom is -0.450 e. The third kappa shape index (κ3) is 3.35. The fourth-order valence-electron chi connectivity index (χ4n) is 2.11. The summed E-state index contributed by atoms with van der Waals surface area (Å²) in [7, 11) is 0. The first-order valence-corrected chi connectivity index (χ1v) is 8.11. The normalized spacial score (nSPS) is 10.6. The molecule has 0 radical (unpaired) electrons. The van der Waals surface area contributed by atoms with Crippen LogP contribution in [-0.4, -0.2) is 32.4 Å². The van der Waals surface area contributed by atoms with Gasteiger partial charge in [-0.25, -0.2) is 9.78 Å². The number of aryl methyl sites for hydroxylation is 1. The molecule has 0 fully saturated rings. The Morgan fingerprint density at radius 2 is 2.29 bits per heavy atom. The van der Waals surface area contributed by atoms with Gasteiger partial charge in [0.25, 0.3) is 5.56 Å². The summed E-state index contributed by atoms with van der Waals surface area (Å²) in [5.74, 6) is 0.570. The van der Waals surface area contributed by atoms with Crippen molar-refractivity contribution in [3.05, 3.63) is 45.7 Å². The molecule has 0 spiro atoms. The number of aromatic nitrogens is 4. The molecule has 0 aliphatic carbocycles. The van der Waals surface area contributed by atoms with Crippen molar-refractivity contribution in [2.45, 2.75) is 13.8 Å². The number of carbonyl (C=O) groups is 1. The van der Waals surface area contributed by atoms with Gasteiger partial charge in [-0.2, -0.15) is 9.78 Å². The van der Waals surface area contributed by atoms with Crippen LogP contribution >= 0.6 is 11.3 Å². The summed E-state index contributed by atoms with van der Waals surface area (Å²) in [6.45, 7) is 3.67. The third-order valence-electron chi connectivity index (χ3n) is 3.05. The predicted octanol–water partition coefficient (Wildman–Crippen LogP) is 2.56. The van der Waals surface area contributed by atoms with Crippen LogP contribution in [0, 0.1) is 6.92 Å². The summed E-state index contributed by atoms with van der Waals surface area (Å²) in [5.41, 5.74) is 0.901. The minimum absolute atomic E-state index is 0.217. The highest BCUT2D eigenvalue weighted by atomic mass is 32.1. The molecule has 0 aliphatic rings. The fourth-order valence-corrected chi connectivity index (χ4v) is 2.79. The lowest BCUT2D eigenvalue weighted by Gasteiger charge is -2.08. The number of carbonyl (C=O) groups excluding carboxylic acids is 1. The monoisotopic (exact) mass is 345 g/mol. The summed E-state index contributed by atoms with van der Waals surface area (Å²) in [6, 6.07) is 6.90. The largest absolute Gasteiger partial charge is 0.450 e. The van der Waals surface area contributed by atoms with Crippen LogP contribution in [0.25, 0.3) is 16.5 Å². The summed E-state index contributed by atoms with van der Waals surface area (Å²) in [6.07, 6.45) is -0.605. The number of aromatic amines is 1. The first kappa shape index (κ1) is 15.9. The molecule has 124 valence electrons. The lowest BCUT2D eigenvalue weighted by molar-refractivity contribution is 0.167. The number of thiophene rings is 1. The zero-order chi connectivity index (χ0) is 17.1. The maximum absolute atomic E-state index is 11.8. The van der Waals surface area contributed by atoms with E-state index in [2.05, 4.69) is 20.4 Å². The molecule has 3 aromatic heterocycles. The van der Waals surface area contributed by atoms with Crippen molar-refractivity contribution in [1.82, 2.24) is 19.7 Å². The average Bonchev–Trinajstić information content (AvgIpc) is 3.15. The van der Waals surface area contributed by atoms with Gasteiger partial charge in [0.05, 0.1) is 11.5 Å². The standard InChI is InChI=1S/C15H15N5O3S/c1-3-23-15(22)17-12-8-10(11-5-4-6-24-11)19-20(12)14-16-9(2)7-13(21)18-14/h4-8H,3H2,1-2H3,(H,17,22)(H,16,18,21). The van der Waals surface area contributed by atoms with Gasteiger partial charge in [-0.1, -0.05) is 6.07 Å². The van der Waals surface area contributed by atoms with E-state index in [1.807, 2.05) is 17.5 Å². The molecule has 3 rings (SSSR count). The van der Waals surface area contributed by atoms with E-state index >= 15 is 0 Å². The zero-order valence-electron chi connectivity index (χ0n) is 13.1. The van der Waals surface area contributed by atoms with Gasteiger partial charge in [0, 0.05) is 17.8 Å². The predicted molar refractivity (Wildman–Crippen MR) is 90.7 cm³/mol. The van der Waals surface area contributed by atoms with Crippen LogP contribution in [0.1, 0.15) is 12.6 Å². The lowest BCUT2D eigenvalue weighted by Crippen LogP contribution is -2.19. The van der Waals surface area contributed by atoms with Crippen molar-refractivity contribution in [3.63, 3.8) is 0 Å². The minimum atomic E-state index is -0.605. The SMILES string of the molecule is CCOC(=O)Nc1cc(-c2cccs2)nn1-c1nc(C)cc(=O)[nH]1. The third-order valence-corrected chi connectivity index (χ3v) is 3.94. The Bertz CT molecular complexity index is 914. The smallest absolute Gasteiger partial charge is 0.412 e. The second kappa shape index (κ2) is 6.67. The Kier molecular flexibility index (Phi) is 4.43. The van der Waals surface area contributed by atoms with E-state index in [0.717, 1.165) is 4.88 Å². The molecule has 8 nitrogen and oxygen atoms in total. The molecule has 0 atom stereocenters. The first-order valence-electron chi connectivity index (χ1n) is 7.23. The van der Waals surface area contributed by atoms with Gasteiger partial charge < -0.3 is 4.74 Å². The summed E-state index contributed by atoms with van der Waals surface area (Å²) >= 11 is 1.52. The van der Waals surface area contributed by atoms with Crippen molar-refractivity contribution in [2.24, 2.45) is 0 Å². The average molecular weight is 345 g/mol. The van der Waals surface area contributed by atoms with Gasteiger partial charge in [-0.3, -0.25) is 15.1 Å². The van der Waals surface area contributed by atoms with Gasteiger partial charge >= 0.3 is 6.09 Å². The van der Waals surface area contributed by atoms with E-state index in [1.165, 1.54) is 22.1 Å². The Morgan fingerprint density at radius 3 is 2.96 bits per heavy atom. The summed E-state index contributed by atoms with van der Waals surface area (Å²) < 4.78 is 6.28. The number of nitrogens with one attached hydrogen (secondary N) is 2. The highest BCUT2D eigenvalue weighted by Crippen LogP contribution is 2.27. The topological polar surface area (TPSA) is 102 Å². The molecule has 24 heavy (non-hydrogen) atoms. The molecular weight excluding hydrogens is 330 g/mol. The molecule has 0 saturated heterocycles. The van der Waals surface area contributed by atoms with Crippen molar-refractivity contribution < 1.29 is 9.53 Å². The van der Waals surface area contributed by atoms with Crippen LogP contribution in [0.2, 0.25) is 0 Å². The van der Waals surface area contributed by atoms with Crippen molar-refractivity contribution in [1.29, 1.82) is 0 Å². The molecule has 0 bridgehead atoms. The Morgan fingerprint density at radius 1 is 1.46 bits per heavy atom. The molecule has 0 saturated carbocycles. The maximum atomic E-state index is 11.8. The van der Waals surface area contributed by atoms with Crippen LogP contribution in [0.5, 0.6) is 0 Å². The molecule has 0 aliphatic heterocycles. The molecule has 3 heterocycles. The first-order chi connectivity index (χ1) is 11.6. The molecule has 0 unspecified atom stereocenters. The van der Waals surface area contributed by atoms with Crippen LogP contribution in [0.15, 0.2) is 34.4 Å². The van der Waals surface area contributed by atoms with Crippen molar-refractivity contribution in [3.8, 4) is 16.5 Å². The Labute approximate surface area is 141 Å². The fraction of sp³-hybridized carbons (Fsp3) is 0.200. The van der Waals surface area contributed by atoms with Crippen LogP contribution < -0.4 is 10.9 Å².